The van der Waals surface area contributed by atoms with Crippen molar-refractivity contribution in [1.82, 2.24) is 5.32 Å². The molecule has 1 aromatic rings. The van der Waals surface area contributed by atoms with E-state index in [-0.39, 0.29) is 5.60 Å². The largest absolute Gasteiger partial charge is 0.374 e. The van der Waals surface area contributed by atoms with E-state index in [1.54, 1.807) is 0 Å². The number of rotatable bonds is 7. The van der Waals surface area contributed by atoms with E-state index >= 15 is 0 Å². The van der Waals surface area contributed by atoms with Gasteiger partial charge in [-0.1, -0.05) is 25.1 Å². The van der Waals surface area contributed by atoms with Crippen LogP contribution in [0, 0.1) is 13.8 Å². The Kier molecular flexibility index (Phi) is 6.02. The van der Waals surface area contributed by atoms with Crippen molar-refractivity contribution in [2.45, 2.75) is 59.1 Å². The van der Waals surface area contributed by atoms with Crippen molar-refractivity contribution in [3.63, 3.8) is 0 Å². The molecule has 1 aromatic carbocycles. The molecule has 0 saturated carbocycles. The summed E-state index contributed by atoms with van der Waals surface area (Å²) in [5.41, 5.74) is 4.07. The molecule has 0 heterocycles. The Hall–Kier alpha value is -0.860. The molecule has 2 heteroatoms. The van der Waals surface area contributed by atoms with Gasteiger partial charge in [-0.15, -0.1) is 0 Å². The highest BCUT2D eigenvalue weighted by Gasteiger charge is 2.32. The van der Waals surface area contributed by atoms with Crippen molar-refractivity contribution in [2.24, 2.45) is 0 Å². The fourth-order valence-electron chi connectivity index (χ4n) is 2.78. The molecular formula is C17H29NO. The van der Waals surface area contributed by atoms with E-state index in [4.69, 9.17) is 4.74 Å². The normalized spacial score (nSPS) is 16.1. The Labute approximate surface area is 118 Å². The summed E-state index contributed by atoms with van der Waals surface area (Å²) in [4.78, 5) is 0. The molecule has 0 amide bonds. The molecule has 0 radical (unpaired) electrons. The van der Waals surface area contributed by atoms with Crippen LogP contribution in [0.5, 0.6) is 0 Å². The zero-order valence-corrected chi connectivity index (χ0v) is 13.3. The summed E-state index contributed by atoms with van der Waals surface area (Å²) < 4.78 is 6.02. The van der Waals surface area contributed by atoms with Crippen LogP contribution in [0.15, 0.2) is 18.2 Å². The third-order valence-corrected chi connectivity index (χ3v) is 4.31. The van der Waals surface area contributed by atoms with Gasteiger partial charge in [-0.3, -0.25) is 0 Å². The Balaban J connectivity index is 2.99. The third-order valence-electron chi connectivity index (χ3n) is 4.31. The van der Waals surface area contributed by atoms with Crippen LogP contribution in [0.1, 0.15) is 43.9 Å². The fraction of sp³-hybridized carbons (Fsp3) is 0.647. The van der Waals surface area contributed by atoms with Gasteiger partial charge in [-0.2, -0.15) is 0 Å². The Morgan fingerprint density at radius 1 is 1.21 bits per heavy atom. The SMILES string of the molecule is CCOC(C)(CC)C(Cc1c(C)cccc1C)NC. The summed E-state index contributed by atoms with van der Waals surface area (Å²) in [7, 11) is 2.03. The molecule has 2 unspecified atom stereocenters. The lowest BCUT2D eigenvalue weighted by Crippen LogP contribution is -2.50. The van der Waals surface area contributed by atoms with E-state index in [9.17, 15) is 0 Å². The van der Waals surface area contributed by atoms with Crippen LogP contribution in [-0.2, 0) is 11.2 Å². The van der Waals surface area contributed by atoms with Crippen molar-refractivity contribution in [3.05, 3.63) is 34.9 Å². The monoisotopic (exact) mass is 263 g/mol. The zero-order chi connectivity index (χ0) is 14.5. The number of hydrogen-bond acceptors (Lipinski definition) is 2. The van der Waals surface area contributed by atoms with Crippen LogP contribution in [0.4, 0.5) is 0 Å². The number of benzene rings is 1. The molecule has 108 valence electrons. The minimum absolute atomic E-state index is 0.113. The third kappa shape index (κ3) is 3.80. The quantitative estimate of drug-likeness (QED) is 0.811. The van der Waals surface area contributed by atoms with E-state index < -0.39 is 0 Å². The van der Waals surface area contributed by atoms with Gasteiger partial charge in [0.25, 0.3) is 0 Å². The molecule has 0 fully saturated rings. The first-order valence-electron chi connectivity index (χ1n) is 7.34. The van der Waals surface area contributed by atoms with Crippen LogP contribution < -0.4 is 5.32 Å². The van der Waals surface area contributed by atoms with E-state index in [0.29, 0.717) is 6.04 Å². The van der Waals surface area contributed by atoms with Gasteiger partial charge in [-0.25, -0.2) is 0 Å². The second-order valence-corrected chi connectivity index (χ2v) is 5.51. The van der Waals surface area contributed by atoms with Crippen LogP contribution in [-0.4, -0.2) is 25.3 Å². The first kappa shape index (κ1) is 16.2. The molecule has 0 aromatic heterocycles. The summed E-state index contributed by atoms with van der Waals surface area (Å²) in [5.74, 6) is 0. The molecule has 0 saturated heterocycles. The molecular weight excluding hydrogens is 234 g/mol. The number of nitrogens with one attached hydrogen (secondary N) is 1. The summed E-state index contributed by atoms with van der Waals surface area (Å²) >= 11 is 0. The van der Waals surface area contributed by atoms with Gasteiger partial charge in [0.15, 0.2) is 0 Å². The fourth-order valence-corrected chi connectivity index (χ4v) is 2.78. The molecule has 0 bridgehead atoms. The van der Waals surface area contributed by atoms with Gasteiger partial charge in [0.05, 0.1) is 5.60 Å². The number of ether oxygens (including phenoxy) is 1. The first-order valence-corrected chi connectivity index (χ1v) is 7.34. The highest BCUT2D eigenvalue weighted by molar-refractivity contribution is 5.34. The van der Waals surface area contributed by atoms with Crippen LogP contribution >= 0.6 is 0 Å². The van der Waals surface area contributed by atoms with E-state index in [2.05, 4.69) is 58.1 Å². The molecule has 0 aliphatic carbocycles. The lowest BCUT2D eigenvalue weighted by Gasteiger charge is -2.37. The molecule has 0 aliphatic heterocycles. The van der Waals surface area contributed by atoms with E-state index in [1.165, 1.54) is 16.7 Å². The molecule has 1 N–H and O–H groups in total. The Morgan fingerprint density at radius 3 is 2.21 bits per heavy atom. The maximum atomic E-state index is 6.02. The minimum atomic E-state index is -0.113. The molecule has 2 atom stereocenters. The number of aryl methyl sites for hydroxylation is 2. The van der Waals surface area contributed by atoms with Gasteiger partial charge in [0.2, 0.25) is 0 Å². The molecule has 0 spiro atoms. The van der Waals surface area contributed by atoms with E-state index in [1.807, 2.05) is 7.05 Å². The van der Waals surface area contributed by atoms with Gasteiger partial charge < -0.3 is 10.1 Å². The molecule has 0 aliphatic rings. The highest BCUT2D eigenvalue weighted by atomic mass is 16.5. The van der Waals surface area contributed by atoms with Crippen molar-refractivity contribution >= 4 is 0 Å². The molecule has 1 rings (SSSR count). The summed E-state index contributed by atoms with van der Waals surface area (Å²) in [6.07, 6.45) is 2.02. The smallest absolute Gasteiger partial charge is 0.0807 e. The Morgan fingerprint density at radius 2 is 1.79 bits per heavy atom. The number of likely N-dealkylation sites (N-methyl/N-ethyl adjacent to an activating group) is 1. The standard InChI is InChI=1S/C17H29NO/c1-7-17(5,19-8-2)16(18-6)12-15-13(3)10-9-11-14(15)4/h9-11,16,18H,7-8,12H2,1-6H3. The lowest BCUT2D eigenvalue weighted by atomic mass is 9.86. The van der Waals surface area contributed by atoms with E-state index in [0.717, 1.165) is 19.4 Å². The summed E-state index contributed by atoms with van der Waals surface area (Å²) in [6.45, 7) is 11.6. The molecule has 19 heavy (non-hydrogen) atoms. The highest BCUT2D eigenvalue weighted by Crippen LogP contribution is 2.25. The maximum absolute atomic E-state index is 6.02. The second-order valence-electron chi connectivity index (χ2n) is 5.51. The lowest BCUT2D eigenvalue weighted by molar-refractivity contribution is -0.0534. The summed E-state index contributed by atoms with van der Waals surface area (Å²) in [6, 6.07) is 6.85. The predicted molar refractivity (Wildman–Crippen MR) is 82.8 cm³/mol. The second kappa shape index (κ2) is 7.06. The number of hydrogen-bond donors (Lipinski definition) is 1. The Bertz CT molecular complexity index is 382. The van der Waals surface area contributed by atoms with Crippen LogP contribution in [0.2, 0.25) is 0 Å². The predicted octanol–water partition coefficient (Wildman–Crippen LogP) is 3.64. The van der Waals surface area contributed by atoms with Crippen LogP contribution in [0.25, 0.3) is 0 Å². The van der Waals surface area contributed by atoms with Crippen molar-refractivity contribution in [1.29, 1.82) is 0 Å². The van der Waals surface area contributed by atoms with Gasteiger partial charge in [0, 0.05) is 12.6 Å². The molecule has 2 nitrogen and oxygen atoms in total. The van der Waals surface area contributed by atoms with Crippen molar-refractivity contribution < 1.29 is 4.74 Å². The van der Waals surface area contributed by atoms with Crippen molar-refractivity contribution in [3.8, 4) is 0 Å². The first-order chi connectivity index (χ1) is 8.98. The van der Waals surface area contributed by atoms with Crippen LogP contribution in [0.3, 0.4) is 0 Å². The van der Waals surface area contributed by atoms with Gasteiger partial charge >= 0.3 is 0 Å². The van der Waals surface area contributed by atoms with Crippen molar-refractivity contribution in [2.75, 3.05) is 13.7 Å². The topological polar surface area (TPSA) is 21.3 Å². The van der Waals surface area contributed by atoms with Gasteiger partial charge in [-0.05, 0) is 64.3 Å². The average molecular weight is 263 g/mol. The zero-order valence-electron chi connectivity index (χ0n) is 13.3. The summed E-state index contributed by atoms with van der Waals surface area (Å²) in [5, 5.41) is 3.46. The minimum Gasteiger partial charge on any atom is -0.374 e. The maximum Gasteiger partial charge on any atom is 0.0807 e. The van der Waals surface area contributed by atoms with Gasteiger partial charge in [0.1, 0.15) is 0 Å². The average Bonchev–Trinajstić information content (AvgIpc) is 2.38.